The molecule has 1 unspecified atom stereocenters. The van der Waals surface area contributed by atoms with Crippen molar-refractivity contribution >= 4 is 13.8 Å². The Balaban J connectivity index is 3.49. The van der Waals surface area contributed by atoms with Crippen LogP contribution in [-0.2, 0) is 23.1 Å². The van der Waals surface area contributed by atoms with Gasteiger partial charge in [-0.25, -0.2) is 9.36 Å². The summed E-state index contributed by atoms with van der Waals surface area (Å²) in [6.45, 7) is 6.89. The number of hydrogen-bond donors (Lipinski definition) is 1. The van der Waals surface area contributed by atoms with Gasteiger partial charge in [0.2, 0.25) is 0 Å². The van der Waals surface area contributed by atoms with Gasteiger partial charge in [-0.05, 0) is 19.8 Å². The maximum atomic E-state index is 11.7. The van der Waals surface area contributed by atoms with E-state index in [-0.39, 0.29) is 19.2 Å². The molecule has 0 aliphatic carbocycles. The van der Waals surface area contributed by atoms with Gasteiger partial charge < -0.3 is 14.1 Å². The molecule has 0 saturated heterocycles. The van der Waals surface area contributed by atoms with E-state index in [0.29, 0.717) is 18.6 Å². The molecule has 0 aliphatic heterocycles. The summed E-state index contributed by atoms with van der Waals surface area (Å²) < 4.78 is 27.4. The second kappa shape index (κ2) is 13.4. The van der Waals surface area contributed by atoms with Crippen LogP contribution in [0.2, 0.25) is 0 Å². The number of ether oxygens (including phenoxy) is 1. The Morgan fingerprint density at radius 1 is 0.923 bits per heavy atom. The van der Waals surface area contributed by atoms with E-state index in [0.717, 1.165) is 49.6 Å². The molecule has 1 atom stereocenters. The first kappa shape index (κ1) is 25.3. The van der Waals surface area contributed by atoms with E-state index in [9.17, 15) is 14.3 Å². The first-order valence-corrected chi connectivity index (χ1v) is 10.8. The summed E-state index contributed by atoms with van der Waals surface area (Å²) >= 11 is 0. The zero-order valence-corrected chi connectivity index (χ0v) is 17.8. The van der Waals surface area contributed by atoms with Gasteiger partial charge in [-0.15, -0.1) is 0 Å². The highest BCUT2D eigenvalue weighted by atomic mass is 31.2. The van der Waals surface area contributed by atoms with E-state index in [1.54, 1.807) is 6.92 Å². The molecule has 1 N–H and O–H groups in total. The second-order valence-electron chi connectivity index (χ2n) is 7.54. The zero-order valence-electron chi connectivity index (χ0n) is 16.9. The van der Waals surface area contributed by atoms with Crippen molar-refractivity contribution < 1.29 is 32.5 Å². The number of carbonyl (C=O) groups is 1. The Labute approximate surface area is 158 Å². The molecule has 0 fully saturated rings. The number of nitrogens with zero attached hydrogens (tertiary/aromatic N) is 1. The van der Waals surface area contributed by atoms with Crippen LogP contribution in [0, 0.1) is 0 Å². The number of phosphoric ester groups is 1. The summed E-state index contributed by atoms with van der Waals surface area (Å²) in [4.78, 5) is 20.8. The average Bonchev–Trinajstić information content (AvgIpc) is 2.52. The number of unbranched alkanes of at least 4 members (excludes halogenated alkanes) is 5. The number of phosphoric acid groups is 1. The lowest BCUT2D eigenvalue weighted by atomic mass is 10.1. The predicted molar refractivity (Wildman–Crippen MR) is 103 cm³/mol. The molecule has 0 radical (unpaired) electrons. The van der Waals surface area contributed by atoms with E-state index in [1.165, 1.54) is 0 Å². The van der Waals surface area contributed by atoms with Crippen molar-refractivity contribution in [3.05, 3.63) is 12.2 Å². The lowest BCUT2D eigenvalue weighted by Gasteiger charge is -2.23. The molecule has 0 bridgehead atoms. The third-order valence-electron chi connectivity index (χ3n) is 3.60. The van der Waals surface area contributed by atoms with Crippen molar-refractivity contribution in [2.45, 2.75) is 51.9 Å². The van der Waals surface area contributed by atoms with Crippen molar-refractivity contribution in [2.75, 3.05) is 47.5 Å². The summed E-state index contributed by atoms with van der Waals surface area (Å²) in [5.74, 6) is -0.338. The minimum atomic E-state index is -3.93. The fraction of sp³-hybridized carbons (Fsp3) is 0.833. The predicted octanol–water partition coefficient (Wildman–Crippen LogP) is 3.68. The summed E-state index contributed by atoms with van der Waals surface area (Å²) in [6, 6.07) is 0. The van der Waals surface area contributed by atoms with Crippen LogP contribution in [0.1, 0.15) is 51.9 Å². The smallest absolute Gasteiger partial charge is 0.462 e. The van der Waals surface area contributed by atoms with Gasteiger partial charge in [0.05, 0.1) is 47.5 Å². The molecule has 0 amide bonds. The Morgan fingerprint density at radius 2 is 1.38 bits per heavy atom. The van der Waals surface area contributed by atoms with E-state index in [4.69, 9.17) is 13.8 Å². The first-order valence-electron chi connectivity index (χ1n) is 9.28. The molecular weight excluding hydrogens is 357 g/mol. The molecule has 0 aromatic carbocycles. The molecular formula is C18H37NO6P+. The molecule has 7 nitrogen and oxygen atoms in total. The monoisotopic (exact) mass is 394 g/mol. The minimum Gasteiger partial charge on any atom is -0.462 e. The SMILES string of the molecule is C=C(C)C(=O)OCCCCCCCCOP(=O)(O)OCCC[N+](C)(C)C. The molecule has 0 aromatic rings. The molecule has 154 valence electrons. The number of esters is 1. The molecule has 0 saturated carbocycles. The minimum absolute atomic E-state index is 0.221. The van der Waals surface area contributed by atoms with Gasteiger partial charge in [0.1, 0.15) is 0 Å². The zero-order chi connectivity index (χ0) is 20.1. The van der Waals surface area contributed by atoms with Gasteiger partial charge in [0.25, 0.3) is 0 Å². The number of hydrogen-bond acceptors (Lipinski definition) is 5. The van der Waals surface area contributed by atoms with Crippen LogP contribution < -0.4 is 0 Å². The van der Waals surface area contributed by atoms with Crippen molar-refractivity contribution in [3.8, 4) is 0 Å². The maximum absolute atomic E-state index is 11.7. The average molecular weight is 394 g/mol. The van der Waals surface area contributed by atoms with Crippen molar-refractivity contribution in [2.24, 2.45) is 0 Å². The van der Waals surface area contributed by atoms with Crippen molar-refractivity contribution in [1.29, 1.82) is 0 Å². The highest BCUT2D eigenvalue weighted by Crippen LogP contribution is 2.43. The van der Waals surface area contributed by atoms with Crippen molar-refractivity contribution in [1.82, 2.24) is 0 Å². The Hall–Kier alpha value is -0.720. The van der Waals surface area contributed by atoms with E-state index >= 15 is 0 Å². The van der Waals surface area contributed by atoms with Gasteiger partial charge in [-0.1, -0.05) is 32.3 Å². The van der Waals surface area contributed by atoms with Gasteiger partial charge >= 0.3 is 13.8 Å². The fourth-order valence-corrected chi connectivity index (χ4v) is 2.93. The van der Waals surface area contributed by atoms with Crippen molar-refractivity contribution in [3.63, 3.8) is 0 Å². The third kappa shape index (κ3) is 16.7. The summed E-state index contributed by atoms with van der Waals surface area (Å²) in [6.07, 6.45) is 6.21. The Kier molecular flexibility index (Phi) is 13.1. The van der Waals surface area contributed by atoms with Crippen LogP contribution in [0.15, 0.2) is 12.2 Å². The molecule has 0 aliphatic rings. The fourth-order valence-electron chi connectivity index (χ4n) is 2.14. The highest BCUT2D eigenvalue weighted by Gasteiger charge is 2.20. The Morgan fingerprint density at radius 3 is 1.88 bits per heavy atom. The standard InChI is InChI=1S/C18H36NO6P/c1-17(2)18(20)23-14-10-8-6-7-9-11-15-24-26(21,22)25-16-12-13-19(3,4)5/h1,6-16H2,2-5H3/p+1. The van der Waals surface area contributed by atoms with Crippen LogP contribution in [-0.4, -0.2) is 62.9 Å². The number of quaternary nitrogens is 1. The quantitative estimate of drug-likeness (QED) is 0.141. The van der Waals surface area contributed by atoms with Gasteiger partial charge in [-0.3, -0.25) is 9.05 Å². The normalized spacial score (nSPS) is 14.0. The van der Waals surface area contributed by atoms with Gasteiger partial charge in [0.15, 0.2) is 0 Å². The largest absolute Gasteiger partial charge is 0.472 e. The lowest BCUT2D eigenvalue weighted by molar-refractivity contribution is -0.870. The maximum Gasteiger partial charge on any atom is 0.472 e. The number of carbonyl (C=O) groups excluding carboxylic acids is 1. The summed E-state index contributed by atoms with van der Waals surface area (Å²) in [5, 5.41) is 0. The van der Waals surface area contributed by atoms with Gasteiger partial charge in [-0.2, -0.15) is 0 Å². The molecule has 8 heteroatoms. The summed E-state index contributed by atoms with van der Waals surface area (Å²) in [5.41, 5.74) is 0.420. The molecule has 0 heterocycles. The highest BCUT2D eigenvalue weighted by molar-refractivity contribution is 7.47. The second-order valence-corrected chi connectivity index (χ2v) is 8.99. The van der Waals surface area contributed by atoms with E-state index < -0.39 is 7.82 Å². The first-order chi connectivity index (χ1) is 12.0. The topological polar surface area (TPSA) is 82.1 Å². The molecule has 0 spiro atoms. The summed E-state index contributed by atoms with van der Waals surface area (Å²) in [7, 11) is 2.25. The van der Waals surface area contributed by atoms with Crippen LogP contribution in [0.4, 0.5) is 0 Å². The molecule has 0 rings (SSSR count). The van der Waals surface area contributed by atoms with E-state index in [1.807, 2.05) is 0 Å². The van der Waals surface area contributed by atoms with Crippen LogP contribution in [0.3, 0.4) is 0 Å². The lowest BCUT2D eigenvalue weighted by Crippen LogP contribution is -2.35. The Bertz CT molecular complexity index is 461. The van der Waals surface area contributed by atoms with E-state index in [2.05, 4.69) is 27.7 Å². The molecule has 26 heavy (non-hydrogen) atoms. The van der Waals surface area contributed by atoms with Crippen LogP contribution >= 0.6 is 7.82 Å². The van der Waals surface area contributed by atoms with Gasteiger partial charge in [0, 0.05) is 12.0 Å². The third-order valence-corrected chi connectivity index (χ3v) is 4.62. The molecule has 0 aromatic heterocycles. The van der Waals surface area contributed by atoms with Crippen LogP contribution in [0.5, 0.6) is 0 Å². The number of rotatable bonds is 16. The van der Waals surface area contributed by atoms with Crippen LogP contribution in [0.25, 0.3) is 0 Å².